The van der Waals surface area contributed by atoms with Crippen molar-refractivity contribution in [2.75, 3.05) is 38.9 Å². The van der Waals surface area contributed by atoms with E-state index in [4.69, 9.17) is 12.2 Å². The second-order valence-corrected chi connectivity index (χ2v) is 9.54. The Hall–Kier alpha value is 0.660. The molecule has 0 aliphatic carbocycles. The lowest BCUT2D eigenvalue weighted by Gasteiger charge is -2.53. The van der Waals surface area contributed by atoms with Gasteiger partial charge in [0.25, 0.3) is 0 Å². The van der Waals surface area contributed by atoms with Gasteiger partial charge in [-0.05, 0) is 0 Å². The molecule has 4 saturated heterocycles. The molecule has 0 radical (unpaired) electrons. The van der Waals surface area contributed by atoms with Crippen LogP contribution in [0.25, 0.3) is 0 Å². The van der Waals surface area contributed by atoms with Crippen molar-refractivity contribution in [3.05, 3.63) is 0 Å². The molecular formula is C6H13N3PS+. The van der Waals surface area contributed by atoms with E-state index in [0.29, 0.717) is 0 Å². The van der Waals surface area contributed by atoms with Crippen LogP contribution in [0, 0.1) is 0 Å². The molecule has 0 unspecified atom stereocenters. The van der Waals surface area contributed by atoms with Gasteiger partial charge in [-0.25, -0.2) is 14.7 Å². The summed E-state index contributed by atoms with van der Waals surface area (Å²) in [6.45, 7) is 2.73. The van der Waals surface area contributed by atoms with Crippen molar-refractivity contribution in [2.24, 2.45) is 0 Å². The average Bonchev–Trinajstić information content (AvgIpc) is 1.79. The van der Waals surface area contributed by atoms with Crippen molar-refractivity contribution in [2.45, 2.75) is 0 Å². The van der Waals surface area contributed by atoms with Crippen LogP contribution in [-0.2, 0) is 0 Å². The molecule has 4 bridgehead atoms. The molecule has 4 aliphatic heterocycles. The molecule has 0 amide bonds. The minimum Gasteiger partial charge on any atom is -0.244 e. The zero-order valence-corrected chi connectivity index (χ0v) is 8.27. The SMILES string of the molecule is S[P+]12CN3CN(CN(C3)C1)C2. The van der Waals surface area contributed by atoms with Crippen molar-refractivity contribution in [3.8, 4) is 0 Å². The van der Waals surface area contributed by atoms with Crippen LogP contribution in [0.4, 0.5) is 0 Å². The number of thiol groups is 1. The molecule has 3 nitrogen and oxygen atoms in total. The zero-order valence-electron chi connectivity index (χ0n) is 6.48. The number of nitrogens with zero attached hydrogens (tertiary/aromatic N) is 3. The summed E-state index contributed by atoms with van der Waals surface area (Å²) in [5.74, 6) is 0. The predicted octanol–water partition coefficient (Wildman–Crippen LogP) is 0.541. The van der Waals surface area contributed by atoms with Crippen LogP contribution in [-0.4, -0.2) is 53.6 Å². The van der Waals surface area contributed by atoms with Crippen molar-refractivity contribution in [1.82, 2.24) is 14.7 Å². The first kappa shape index (κ1) is 7.10. The van der Waals surface area contributed by atoms with Gasteiger partial charge in [-0.15, -0.1) is 0 Å². The Bertz CT molecular complexity index is 163. The van der Waals surface area contributed by atoms with Crippen LogP contribution in [0.1, 0.15) is 0 Å². The molecule has 0 N–H and O–H groups in total. The summed E-state index contributed by atoms with van der Waals surface area (Å²) in [6.07, 6.45) is 3.88. The lowest BCUT2D eigenvalue weighted by Crippen LogP contribution is -2.63. The Morgan fingerprint density at radius 1 is 0.818 bits per heavy atom. The molecule has 0 saturated carbocycles. The third-order valence-corrected chi connectivity index (χ3v) is 6.51. The van der Waals surface area contributed by atoms with Crippen molar-refractivity contribution >= 4 is 18.7 Å². The molecule has 4 aliphatic rings. The highest BCUT2D eigenvalue weighted by Gasteiger charge is 2.52. The molecule has 4 heterocycles. The van der Waals surface area contributed by atoms with Gasteiger partial charge in [0.15, 0.2) is 0 Å². The first-order valence-electron chi connectivity index (χ1n) is 3.99. The lowest BCUT2D eigenvalue weighted by atomic mass is 10.5. The summed E-state index contributed by atoms with van der Waals surface area (Å²) in [6, 6.07) is 0. The Kier molecular flexibility index (Phi) is 1.37. The van der Waals surface area contributed by atoms with Gasteiger partial charge >= 0.3 is 0 Å². The maximum absolute atomic E-state index is 4.84. The molecule has 0 atom stereocenters. The van der Waals surface area contributed by atoms with E-state index in [-0.39, 0.29) is 0 Å². The molecular weight excluding hydrogens is 177 g/mol. The molecule has 4 fully saturated rings. The Morgan fingerprint density at radius 2 is 1.18 bits per heavy atom. The monoisotopic (exact) mass is 190 g/mol. The van der Waals surface area contributed by atoms with Gasteiger partial charge in [-0.3, -0.25) is 0 Å². The number of rotatable bonds is 0. The molecule has 11 heavy (non-hydrogen) atoms. The molecule has 62 valence electrons. The molecule has 0 spiro atoms. The molecule has 5 heteroatoms. The van der Waals surface area contributed by atoms with Gasteiger partial charge in [0.2, 0.25) is 0 Å². The molecule has 0 aromatic rings. The maximum Gasteiger partial charge on any atom is 0.126 e. The van der Waals surface area contributed by atoms with E-state index in [1.165, 1.54) is 38.9 Å². The van der Waals surface area contributed by atoms with Gasteiger partial charge in [-0.1, -0.05) is 0 Å². The number of hydrogen-bond donors (Lipinski definition) is 1. The van der Waals surface area contributed by atoms with E-state index in [1.807, 2.05) is 0 Å². The quantitative estimate of drug-likeness (QED) is 0.441. The largest absolute Gasteiger partial charge is 0.244 e. The fourth-order valence-corrected chi connectivity index (χ4v) is 7.15. The van der Waals surface area contributed by atoms with Crippen LogP contribution in [0.2, 0.25) is 0 Å². The zero-order chi connectivity index (χ0) is 7.47. The molecule has 4 rings (SSSR count). The summed E-state index contributed by atoms with van der Waals surface area (Å²) in [5, 5.41) is 0. The van der Waals surface area contributed by atoms with E-state index in [1.54, 1.807) is 0 Å². The van der Waals surface area contributed by atoms with E-state index < -0.39 is 6.46 Å². The highest BCUT2D eigenvalue weighted by molar-refractivity contribution is 8.53. The Balaban J connectivity index is 1.94. The van der Waals surface area contributed by atoms with Gasteiger partial charge in [0.1, 0.15) is 25.3 Å². The third kappa shape index (κ3) is 1.04. The Labute approximate surface area is 72.8 Å². The van der Waals surface area contributed by atoms with Crippen LogP contribution < -0.4 is 0 Å². The minimum atomic E-state index is -0.848. The summed E-state index contributed by atoms with van der Waals surface area (Å²) >= 11 is 4.84. The lowest BCUT2D eigenvalue weighted by molar-refractivity contribution is -0.0258. The van der Waals surface area contributed by atoms with E-state index >= 15 is 0 Å². The van der Waals surface area contributed by atoms with E-state index in [9.17, 15) is 0 Å². The summed E-state index contributed by atoms with van der Waals surface area (Å²) < 4.78 is 0. The van der Waals surface area contributed by atoms with E-state index in [0.717, 1.165) is 0 Å². The topological polar surface area (TPSA) is 9.72 Å². The van der Waals surface area contributed by atoms with Crippen molar-refractivity contribution < 1.29 is 0 Å². The first-order chi connectivity index (χ1) is 5.23. The molecule has 0 aromatic carbocycles. The van der Waals surface area contributed by atoms with Crippen molar-refractivity contribution in [3.63, 3.8) is 0 Å². The van der Waals surface area contributed by atoms with Crippen LogP contribution in [0.3, 0.4) is 0 Å². The maximum atomic E-state index is 4.84. The minimum absolute atomic E-state index is 0.848. The van der Waals surface area contributed by atoms with Gasteiger partial charge in [0, 0.05) is 12.2 Å². The standard InChI is InChI=1S/C6H13N3PS/c11-10-4-7-1-8(5-10)3-9(2-7)6-10/h11H,1-6H2/q+1. The normalized spacial score (nSPS) is 60.3. The summed E-state index contributed by atoms with van der Waals surface area (Å²) in [7, 11) is 0. The smallest absolute Gasteiger partial charge is 0.126 e. The van der Waals surface area contributed by atoms with Crippen LogP contribution in [0.5, 0.6) is 0 Å². The predicted molar refractivity (Wildman–Crippen MR) is 50.6 cm³/mol. The van der Waals surface area contributed by atoms with Gasteiger partial charge < -0.3 is 0 Å². The van der Waals surface area contributed by atoms with E-state index in [2.05, 4.69) is 14.7 Å². The third-order valence-electron chi connectivity index (χ3n) is 2.59. The molecule has 0 aromatic heterocycles. The first-order valence-corrected chi connectivity index (χ1v) is 7.49. The number of hydrogen-bond acceptors (Lipinski definition) is 4. The van der Waals surface area contributed by atoms with Gasteiger partial charge in [0.05, 0.1) is 20.0 Å². The van der Waals surface area contributed by atoms with Crippen LogP contribution >= 0.6 is 18.7 Å². The highest BCUT2D eigenvalue weighted by atomic mass is 32.7. The second kappa shape index (κ2) is 2.12. The fraction of sp³-hybridized carbons (Fsp3) is 1.00. The average molecular weight is 190 g/mol. The second-order valence-electron chi connectivity index (χ2n) is 3.96. The van der Waals surface area contributed by atoms with Gasteiger partial charge in [-0.2, -0.15) is 0 Å². The summed E-state index contributed by atoms with van der Waals surface area (Å²) in [4.78, 5) is 7.58. The summed E-state index contributed by atoms with van der Waals surface area (Å²) in [5.41, 5.74) is 0. The fourth-order valence-electron chi connectivity index (χ4n) is 2.50. The Morgan fingerprint density at radius 3 is 1.45 bits per heavy atom. The van der Waals surface area contributed by atoms with Crippen molar-refractivity contribution in [1.29, 1.82) is 0 Å². The highest BCUT2D eigenvalue weighted by Crippen LogP contribution is 2.68. The van der Waals surface area contributed by atoms with Crippen LogP contribution in [0.15, 0.2) is 0 Å².